The molecule has 35 heavy (non-hydrogen) atoms. The number of carbonyl (C=O) groups is 1. The van der Waals surface area contributed by atoms with E-state index in [4.69, 9.17) is 16.3 Å². The number of hydrogen-bond donors (Lipinski definition) is 1. The highest BCUT2D eigenvalue weighted by Crippen LogP contribution is 2.34. The van der Waals surface area contributed by atoms with Crippen LogP contribution in [0.15, 0.2) is 89.8 Å². The minimum absolute atomic E-state index is 0.0625. The number of amides is 1. The highest BCUT2D eigenvalue weighted by molar-refractivity contribution is 7.92. The lowest BCUT2D eigenvalue weighted by Crippen LogP contribution is -2.40. The summed E-state index contributed by atoms with van der Waals surface area (Å²) in [5.41, 5.74) is 2.01. The molecule has 0 aliphatic carbocycles. The summed E-state index contributed by atoms with van der Waals surface area (Å²) in [6.07, 6.45) is 0. The van der Waals surface area contributed by atoms with Crippen LogP contribution < -0.4 is 14.4 Å². The van der Waals surface area contributed by atoms with Crippen LogP contribution in [0.5, 0.6) is 5.75 Å². The van der Waals surface area contributed by atoms with Crippen LogP contribution in [0.4, 0.5) is 5.69 Å². The predicted octanol–water partition coefficient (Wildman–Crippen LogP) is 5.32. The lowest BCUT2D eigenvalue weighted by Gasteiger charge is -2.26. The number of halogens is 1. The largest absolute Gasteiger partial charge is 0.495 e. The van der Waals surface area contributed by atoms with Crippen LogP contribution in [-0.2, 0) is 21.4 Å². The van der Waals surface area contributed by atoms with Crippen molar-refractivity contribution in [3.63, 3.8) is 0 Å². The molecule has 1 N–H and O–H groups in total. The number of hydrogen-bond acceptors (Lipinski definition) is 4. The Kier molecular flexibility index (Phi) is 7.28. The van der Waals surface area contributed by atoms with Gasteiger partial charge in [-0.25, -0.2) is 8.42 Å². The average Bonchev–Trinajstić information content (AvgIpc) is 2.86. The maximum Gasteiger partial charge on any atom is 0.264 e. The van der Waals surface area contributed by atoms with Crippen molar-refractivity contribution in [3.05, 3.63) is 101 Å². The van der Waals surface area contributed by atoms with Gasteiger partial charge in [0, 0.05) is 11.6 Å². The lowest BCUT2D eigenvalue weighted by atomic mass is 10.1. The van der Waals surface area contributed by atoms with E-state index in [0.29, 0.717) is 5.02 Å². The molecule has 1 amide bonds. The van der Waals surface area contributed by atoms with Gasteiger partial charge in [0.15, 0.2) is 0 Å². The van der Waals surface area contributed by atoms with Crippen molar-refractivity contribution < 1.29 is 17.9 Å². The summed E-state index contributed by atoms with van der Waals surface area (Å²) < 4.78 is 33.7. The molecule has 0 heterocycles. The molecule has 0 saturated carbocycles. The first kappa shape index (κ1) is 24.6. The molecule has 0 aliphatic heterocycles. The molecule has 4 aromatic carbocycles. The molecule has 0 unspecified atom stereocenters. The number of nitrogens with one attached hydrogen (secondary N) is 1. The first-order valence-electron chi connectivity index (χ1n) is 11.0. The fourth-order valence-corrected chi connectivity index (χ4v) is 5.32. The third kappa shape index (κ3) is 5.58. The Morgan fingerprint density at radius 2 is 1.66 bits per heavy atom. The number of rotatable bonds is 8. The summed E-state index contributed by atoms with van der Waals surface area (Å²) >= 11 is 6.18. The van der Waals surface area contributed by atoms with Crippen LogP contribution in [-0.4, -0.2) is 28.0 Å². The number of ether oxygens (including phenoxy) is 1. The first-order chi connectivity index (χ1) is 16.8. The van der Waals surface area contributed by atoms with E-state index >= 15 is 0 Å². The van der Waals surface area contributed by atoms with E-state index in [2.05, 4.69) is 5.32 Å². The van der Waals surface area contributed by atoms with Crippen LogP contribution >= 0.6 is 11.6 Å². The van der Waals surface area contributed by atoms with E-state index in [1.54, 1.807) is 24.3 Å². The van der Waals surface area contributed by atoms with E-state index in [9.17, 15) is 13.2 Å². The lowest BCUT2D eigenvalue weighted by molar-refractivity contribution is -0.119. The Balaban J connectivity index is 1.62. The molecule has 0 spiro atoms. The molecule has 0 saturated heterocycles. The van der Waals surface area contributed by atoms with Crippen molar-refractivity contribution in [1.82, 2.24) is 5.32 Å². The van der Waals surface area contributed by atoms with E-state index in [0.717, 1.165) is 26.2 Å². The molecule has 0 bridgehead atoms. The summed E-state index contributed by atoms with van der Waals surface area (Å²) in [4.78, 5) is 13.1. The van der Waals surface area contributed by atoms with Gasteiger partial charge in [0.1, 0.15) is 12.3 Å². The number of aryl methyl sites for hydroxylation is 1. The zero-order chi connectivity index (χ0) is 25.0. The van der Waals surface area contributed by atoms with Crippen molar-refractivity contribution in [2.75, 3.05) is 18.0 Å². The standard InChI is InChI=1S/C27H25ClN2O4S/c1-19-7-12-24(13-8-19)35(32,33)30(25-16-23(28)11-14-26(25)34-2)18-27(31)29-17-20-9-10-21-5-3-4-6-22(21)15-20/h3-16H,17-18H2,1-2H3,(H,29,31). The maximum absolute atomic E-state index is 13.6. The molecular weight excluding hydrogens is 484 g/mol. The average molecular weight is 509 g/mol. The van der Waals surface area contributed by atoms with Crippen LogP contribution in [0.3, 0.4) is 0 Å². The van der Waals surface area contributed by atoms with Crippen molar-refractivity contribution in [2.45, 2.75) is 18.4 Å². The van der Waals surface area contributed by atoms with Crippen LogP contribution in [0, 0.1) is 6.92 Å². The summed E-state index contributed by atoms with van der Waals surface area (Å²) in [6.45, 7) is 1.68. The fraction of sp³-hybridized carbons (Fsp3) is 0.148. The second-order valence-corrected chi connectivity index (χ2v) is 10.4. The van der Waals surface area contributed by atoms with Crippen LogP contribution in [0.1, 0.15) is 11.1 Å². The van der Waals surface area contributed by atoms with E-state index in [-0.39, 0.29) is 22.9 Å². The van der Waals surface area contributed by atoms with E-state index in [1.807, 2.05) is 49.4 Å². The highest BCUT2D eigenvalue weighted by Gasteiger charge is 2.29. The van der Waals surface area contributed by atoms with E-state index in [1.165, 1.54) is 25.3 Å². The summed E-state index contributed by atoms with van der Waals surface area (Å²) in [5, 5.41) is 5.31. The summed E-state index contributed by atoms with van der Waals surface area (Å²) in [7, 11) is -2.66. The van der Waals surface area contributed by atoms with Gasteiger partial charge in [-0.1, -0.05) is 65.7 Å². The predicted molar refractivity (Wildman–Crippen MR) is 140 cm³/mol. The molecule has 0 aliphatic rings. The molecule has 0 fully saturated rings. The molecule has 0 radical (unpaired) electrons. The van der Waals surface area contributed by atoms with Crippen molar-refractivity contribution in [2.24, 2.45) is 0 Å². The molecule has 6 nitrogen and oxygen atoms in total. The Hall–Kier alpha value is -3.55. The third-order valence-corrected chi connectivity index (χ3v) is 7.62. The molecule has 4 rings (SSSR count). The smallest absolute Gasteiger partial charge is 0.264 e. The molecule has 0 aromatic heterocycles. The second kappa shape index (κ2) is 10.4. The normalized spacial score (nSPS) is 11.3. The quantitative estimate of drug-likeness (QED) is 0.349. The molecule has 8 heteroatoms. The highest BCUT2D eigenvalue weighted by atomic mass is 35.5. The van der Waals surface area contributed by atoms with Crippen LogP contribution in [0.25, 0.3) is 10.8 Å². The van der Waals surface area contributed by atoms with Gasteiger partial charge in [0.25, 0.3) is 10.0 Å². The van der Waals surface area contributed by atoms with Gasteiger partial charge in [0.2, 0.25) is 5.91 Å². The number of methoxy groups -OCH3 is 1. The van der Waals surface area contributed by atoms with Gasteiger partial charge < -0.3 is 10.1 Å². The summed E-state index contributed by atoms with van der Waals surface area (Å²) in [5.74, 6) is -0.178. The Morgan fingerprint density at radius 1 is 0.943 bits per heavy atom. The molecule has 180 valence electrons. The SMILES string of the molecule is COc1ccc(Cl)cc1N(CC(=O)NCc1ccc2ccccc2c1)S(=O)(=O)c1ccc(C)cc1. The minimum Gasteiger partial charge on any atom is -0.495 e. The van der Waals surface area contributed by atoms with Gasteiger partial charge in [-0.05, 0) is 59.7 Å². The topological polar surface area (TPSA) is 75.7 Å². The Labute approximate surface area is 210 Å². The molecule has 4 aromatic rings. The zero-order valence-corrected chi connectivity index (χ0v) is 20.9. The molecular formula is C27H25ClN2O4S. The number of nitrogens with zero attached hydrogens (tertiary/aromatic N) is 1. The number of benzene rings is 4. The second-order valence-electron chi connectivity index (χ2n) is 8.10. The van der Waals surface area contributed by atoms with Crippen LogP contribution in [0.2, 0.25) is 5.02 Å². The maximum atomic E-state index is 13.6. The number of carbonyl (C=O) groups excluding carboxylic acids is 1. The van der Waals surface area contributed by atoms with Gasteiger partial charge in [-0.3, -0.25) is 9.10 Å². The van der Waals surface area contributed by atoms with Crippen molar-refractivity contribution in [3.8, 4) is 5.75 Å². The zero-order valence-electron chi connectivity index (χ0n) is 19.4. The van der Waals surface area contributed by atoms with Gasteiger partial charge >= 0.3 is 0 Å². The van der Waals surface area contributed by atoms with Crippen molar-refractivity contribution in [1.29, 1.82) is 0 Å². The number of anilines is 1. The monoisotopic (exact) mass is 508 g/mol. The fourth-order valence-electron chi connectivity index (χ4n) is 3.73. The van der Waals surface area contributed by atoms with Gasteiger partial charge in [0.05, 0.1) is 17.7 Å². The van der Waals surface area contributed by atoms with Gasteiger partial charge in [-0.15, -0.1) is 0 Å². The van der Waals surface area contributed by atoms with Crippen molar-refractivity contribution >= 4 is 44.0 Å². The summed E-state index contributed by atoms with van der Waals surface area (Å²) in [6, 6.07) is 25.0. The number of sulfonamides is 1. The Morgan fingerprint density at radius 3 is 2.37 bits per heavy atom. The minimum atomic E-state index is -4.09. The van der Waals surface area contributed by atoms with E-state index < -0.39 is 22.5 Å². The Bertz CT molecular complexity index is 1470. The molecule has 0 atom stereocenters. The first-order valence-corrected chi connectivity index (χ1v) is 12.8. The number of fused-ring (bicyclic) bond motifs is 1. The third-order valence-electron chi connectivity index (χ3n) is 5.61. The van der Waals surface area contributed by atoms with Gasteiger partial charge in [-0.2, -0.15) is 0 Å².